The molecule has 0 spiro atoms. The smallest absolute Gasteiger partial charge is 0.242 e. The Balaban J connectivity index is 1.96. The van der Waals surface area contributed by atoms with Gasteiger partial charge in [-0.2, -0.15) is 0 Å². The average molecular weight is 353 g/mol. The average Bonchev–Trinajstić information content (AvgIpc) is 2.52. The summed E-state index contributed by atoms with van der Waals surface area (Å²) >= 11 is 0. The minimum Gasteiger partial charge on any atom is -0.341 e. The first kappa shape index (κ1) is 18.9. The van der Waals surface area contributed by atoms with Gasteiger partial charge in [0.25, 0.3) is 0 Å². The van der Waals surface area contributed by atoms with Crippen LogP contribution >= 0.6 is 0 Å². The second-order valence-corrected chi connectivity index (χ2v) is 8.91. The standard InChI is InChI=1S/C17H27N3O3S/c1-13-6-8-15(9-7-13)24(22,23)19-11-14-5-4-10-20(12-14)16(21)17(2,3)18/h6-9,14,19H,4-5,10-12,18H2,1-3H3. The molecule has 1 fully saturated rings. The van der Waals surface area contributed by atoms with E-state index in [0.717, 1.165) is 18.4 Å². The van der Waals surface area contributed by atoms with Crippen molar-refractivity contribution in [1.82, 2.24) is 9.62 Å². The van der Waals surface area contributed by atoms with Crippen molar-refractivity contribution in [3.63, 3.8) is 0 Å². The second-order valence-electron chi connectivity index (χ2n) is 7.15. The number of carbonyl (C=O) groups is 1. The van der Waals surface area contributed by atoms with Crippen molar-refractivity contribution in [2.24, 2.45) is 11.7 Å². The fourth-order valence-corrected chi connectivity index (χ4v) is 3.97. The van der Waals surface area contributed by atoms with E-state index < -0.39 is 15.6 Å². The van der Waals surface area contributed by atoms with Gasteiger partial charge in [0.1, 0.15) is 0 Å². The first-order valence-corrected chi connectivity index (χ1v) is 9.72. The Morgan fingerprint density at radius 3 is 2.54 bits per heavy atom. The Morgan fingerprint density at radius 2 is 1.96 bits per heavy atom. The first-order valence-electron chi connectivity index (χ1n) is 8.24. The zero-order valence-electron chi connectivity index (χ0n) is 14.6. The Morgan fingerprint density at radius 1 is 1.33 bits per heavy atom. The maximum atomic E-state index is 12.3. The summed E-state index contributed by atoms with van der Waals surface area (Å²) in [6.45, 7) is 6.84. The molecule has 134 valence electrons. The number of hydrogen-bond acceptors (Lipinski definition) is 4. The second kappa shape index (κ2) is 7.21. The SMILES string of the molecule is Cc1ccc(S(=O)(=O)NCC2CCCN(C(=O)C(C)(C)N)C2)cc1. The van der Waals surface area contributed by atoms with Crippen LogP contribution in [0.2, 0.25) is 0 Å². The highest BCUT2D eigenvalue weighted by Gasteiger charge is 2.31. The summed E-state index contributed by atoms with van der Waals surface area (Å²) < 4.78 is 27.4. The van der Waals surface area contributed by atoms with Gasteiger partial charge >= 0.3 is 0 Å². The normalized spacial score (nSPS) is 19.3. The third-order valence-corrected chi connectivity index (χ3v) is 5.69. The number of nitrogens with two attached hydrogens (primary N) is 1. The van der Waals surface area contributed by atoms with Crippen molar-refractivity contribution in [2.75, 3.05) is 19.6 Å². The zero-order valence-corrected chi connectivity index (χ0v) is 15.4. The maximum absolute atomic E-state index is 12.3. The van der Waals surface area contributed by atoms with Gasteiger partial charge in [-0.05, 0) is 51.7 Å². The molecular formula is C17H27N3O3S. The van der Waals surface area contributed by atoms with Gasteiger partial charge in [-0.3, -0.25) is 4.79 Å². The Kier molecular flexibility index (Phi) is 5.67. The van der Waals surface area contributed by atoms with E-state index in [9.17, 15) is 13.2 Å². The molecule has 3 N–H and O–H groups in total. The Hall–Kier alpha value is -1.44. The van der Waals surface area contributed by atoms with Crippen LogP contribution in [-0.4, -0.2) is 44.4 Å². The molecule has 1 aliphatic heterocycles. The number of sulfonamides is 1. The highest BCUT2D eigenvalue weighted by atomic mass is 32.2. The Bertz CT molecular complexity index is 678. The lowest BCUT2D eigenvalue weighted by Gasteiger charge is -2.36. The largest absolute Gasteiger partial charge is 0.341 e. The topological polar surface area (TPSA) is 92.5 Å². The predicted octanol–water partition coefficient (Wildman–Crippen LogP) is 1.25. The van der Waals surface area contributed by atoms with E-state index in [4.69, 9.17) is 5.73 Å². The lowest BCUT2D eigenvalue weighted by atomic mass is 9.96. The quantitative estimate of drug-likeness (QED) is 0.833. The Labute approximate surface area is 144 Å². The summed E-state index contributed by atoms with van der Waals surface area (Å²) in [6, 6.07) is 6.76. The molecule has 1 heterocycles. The highest BCUT2D eigenvalue weighted by Crippen LogP contribution is 2.19. The van der Waals surface area contributed by atoms with Crippen LogP contribution < -0.4 is 10.5 Å². The van der Waals surface area contributed by atoms with Crippen molar-refractivity contribution in [3.8, 4) is 0 Å². The molecule has 0 aromatic heterocycles. The third-order valence-electron chi connectivity index (χ3n) is 4.25. The van der Waals surface area contributed by atoms with E-state index >= 15 is 0 Å². The number of piperidine rings is 1. The van der Waals surface area contributed by atoms with Gasteiger partial charge in [0, 0.05) is 19.6 Å². The molecule has 2 rings (SSSR count). The van der Waals surface area contributed by atoms with Gasteiger partial charge in [0.2, 0.25) is 15.9 Å². The van der Waals surface area contributed by atoms with E-state index in [1.165, 1.54) is 0 Å². The summed E-state index contributed by atoms with van der Waals surface area (Å²) in [5.74, 6) is 0.0128. The molecule has 1 aromatic carbocycles. The number of nitrogens with one attached hydrogen (secondary N) is 1. The first-order chi connectivity index (χ1) is 11.1. The number of carbonyl (C=O) groups excluding carboxylic acids is 1. The summed E-state index contributed by atoms with van der Waals surface area (Å²) in [4.78, 5) is 14.3. The van der Waals surface area contributed by atoms with Crippen LogP contribution in [0.1, 0.15) is 32.3 Å². The van der Waals surface area contributed by atoms with Crippen molar-refractivity contribution in [1.29, 1.82) is 0 Å². The van der Waals surface area contributed by atoms with Crippen molar-refractivity contribution in [3.05, 3.63) is 29.8 Å². The molecule has 1 unspecified atom stereocenters. The van der Waals surface area contributed by atoms with Gasteiger partial charge in [-0.1, -0.05) is 17.7 Å². The van der Waals surface area contributed by atoms with Gasteiger partial charge in [0.05, 0.1) is 10.4 Å². The number of nitrogens with zero attached hydrogens (tertiary/aromatic N) is 1. The number of hydrogen-bond donors (Lipinski definition) is 2. The van der Waals surface area contributed by atoms with Crippen LogP contribution in [0.4, 0.5) is 0 Å². The minimum atomic E-state index is -3.52. The molecule has 24 heavy (non-hydrogen) atoms. The molecule has 1 atom stereocenters. The molecule has 0 bridgehead atoms. The fraction of sp³-hybridized carbons (Fsp3) is 0.588. The fourth-order valence-electron chi connectivity index (χ4n) is 2.85. The van der Waals surface area contributed by atoms with E-state index in [1.807, 2.05) is 6.92 Å². The third kappa shape index (κ3) is 4.78. The van der Waals surface area contributed by atoms with Crippen molar-refractivity contribution in [2.45, 2.75) is 44.0 Å². The number of likely N-dealkylation sites (tertiary alicyclic amines) is 1. The molecule has 7 heteroatoms. The number of aryl methyl sites for hydroxylation is 1. The van der Waals surface area contributed by atoms with Crippen molar-refractivity contribution >= 4 is 15.9 Å². The van der Waals surface area contributed by atoms with E-state index in [1.54, 1.807) is 43.0 Å². The van der Waals surface area contributed by atoms with E-state index in [-0.39, 0.29) is 16.7 Å². The molecular weight excluding hydrogens is 326 g/mol. The molecule has 1 saturated heterocycles. The van der Waals surface area contributed by atoms with Gasteiger partial charge < -0.3 is 10.6 Å². The van der Waals surface area contributed by atoms with E-state index in [0.29, 0.717) is 19.6 Å². The highest BCUT2D eigenvalue weighted by molar-refractivity contribution is 7.89. The maximum Gasteiger partial charge on any atom is 0.242 e. The molecule has 0 radical (unpaired) electrons. The summed E-state index contributed by atoms with van der Waals surface area (Å²) in [7, 11) is -3.52. The predicted molar refractivity (Wildman–Crippen MR) is 93.9 cm³/mol. The molecule has 1 amide bonds. The van der Waals surface area contributed by atoms with Gasteiger partial charge in [0.15, 0.2) is 0 Å². The lowest BCUT2D eigenvalue weighted by molar-refractivity contribution is -0.137. The zero-order chi connectivity index (χ0) is 18.0. The van der Waals surface area contributed by atoms with Crippen molar-refractivity contribution < 1.29 is 13.2 Å². The lowest BCUT2D eigenvalue weighted by Crippen LogP contribution is -2.54. The van der Waals surface area contributed by atoms with Crippen LogP contribution in [0.15, 0.2) is 29.2 Å². The summed E-state index contributed by atoms with van der Waals surface area (Å²) in [6.07, 6.45) is 1.75. The number of benzene rings is 1. The van der Waals surface area contributed by atoms with Crippen LogP contribution in [0.5, 0.6) is 0 Å². The minimum absolute atomic E-state index is 0.0893. The van der Waals surface area contributed by atoms with Crippen LogP contribution in [-0.2, 0) is 14.8 Å². The van der Waals surface area contributed by atoms with Crippen LogP contribution in [0, 0.1) is 12.8 Å². The molecule has 1 aromatic rings. The summed E-state index contributed by atoms with van der Waals surface area (Å²) in [5, 5.41) is 0. The monoisotopic (exact) mass is 353 g/mol. The molecule has 1 aliphatic rings. The van der Waals surface area contributed by atoms with Crippen LogP contribution in [0.25, 0.3) is 0 Å². The van der Waals surface area contributed by atoms with E-state index in [2.05, 4.69) is 4.72 Å². The number of amides is 1. The van der Waals surface area contributed by atoms with Crippen LogP contribution in [0.3, 0.4) is 0 Å². The molecule has 0 saturated carbocycles. The molecule has 6 nitrogen and oxygen atoms in total. The van der Waals surface area contributed by atoms with Gasteiger partial charge in [-0.15, -0.1) is 0 Å². The summed E-state index contributed by atoms with van der Waals surface area (Å²) in [5.41, 5.74) is 6.00. The molecule has 0 aliphatic carbocycles. The number of rotatable bonds is 5. The van der Waals surface area contributed by atoms with Gasteiger partial charge in [-0.25, -0.2) is 13.1 Å².